The van der Waals surface area contributed by atoms with Crippen LogP contribution in [0.15, 0.2) is 42.5 Å². The largest absolute Gasteiger partial charge is 0.384 e. The number of β-amino-alcohol motifs (C(OH)–C–C–N with tert-alkyl or cyclic N) is 1. The maximum atomic E-state index is 11.4. The first-order chi connectivity index (χ1) is 11.0. The number of piperidine rings is 1. The van der Waals surface area contributed by atoms with E-state index < -0.39 is 5.60 Å². The van der Waals surface area contributed by atoms with Gasteiger partial charge in [-0.1, -0.05) is 48.0 Å². The third-order valence-corrected chi connectivity index (χ3v) is 4.94. The minimum Gasteiger partial charge on any atom is -0.384 e. The molecule has 1 heterocycles. The van der Waals surface area contributed by atoms with Crippen LogP contribution in [-0.2, 0) is 12.1 Å². The second kappa shape index (κ2) is 6.46. The lowest BCUT2D eigenvalue weighted by atomic mass is 9.80. The van der Waals surface area contributed by atoms with Crippen LogP contribution in [0.3, 0.4) is 0 Å². The highest BCUT2D eigenvalue weighted by atomic mass is 16.3. The summed E-state index contributed by atoms with van der Waals surface area (Å²) in [7, 11) is 0. The summed E-state index contributed by atoms with van der Waals surface area (Å²) in [6.45, 7) is 9.06. The van der Waals surface area contributed by atoms with Crippen molar-refractivity contribution in [2.75, 3.05) is 13.1 Å². The Labute approximate surface area is 139 Å². The summed E-state index contributed by atoms with van der Waals surface area (Å²) in [5.74, 6) is 0. The van der Waals surface area contributed by atoms with Gasteiger partial charge in [0.2, 0.25) is 0 Å². The predicted octanol–water partition coefficient (Wildman–Crippen LogP) is 4.10. The highest BCUT2D eigenvalue weighted by Gasteiger charge is 2.37. The zero-order valence-electron chi connectivity index (χ0n) is 14.5. The fourth-order valence-electron chi connectivity index (χ4n) is 4.22. The van der Waals surface area contributed by atoms with Crippen LogP contribution in [0.25, 0.3) is 0 Å². The Morgan fingerprint density at radius 1 is 1.04 bits per heavy atom. The Morgan fingerprint density at radius 3 is 2.35 bits per heavy atom. The van der Waals surface area contributed by atoms with Gasteiger partial charge >= 0.3 is 0 Å². The summed E-state index contributed by atoms with van der Waals surface area (Å²) in [6.07, 6.45) is 1.89. The van der Waals surface area contributed by atoms with E-state index in [0.29, 0.717) is 6.54 Å². The summed E-state index contributed by atoms with van der Waals surface area (Å²) < 4.78 is 0. The highest BCUT2D eigenvalue weighted by molar-refractivity contribution is 5.42. The van der Waals surface area contributed by atoms with Crippen molar-refractivity contribution in [2.45, 2.75) is 45.8 Å². The molecule has 1 aliphatic heterocycles. The molecule has 0 spiro atoms. The molecule has 1 unspecified atom stereocenters. The first kappa shape index (κ1) is 16.2. The molecule has 2 aromatic rings. The van der Waals surface area contributed by atoms with E-state index in [1.807, 2.05) is 0 Å². The number of aliphatic hydroxyl groups is 1. The molecule has 0 aromatic heterocycles. The lowest BCUT2D eigenvalue weighted by Crippen LogP contribution is -2.46. The average molecular weight is 309 g/mol. The summed E-state index contributed by atoms with van der Waals surface area (Å²) >= 11 is 0. The molecule has 2 nitrogen and oxygen atoms in total. The van der Waals surface area contributed by atoms with Crippen molar-refractivity contribution in [3.05, 3.63) is 70.3 Å². The zero-order valence-corrected chi connectivity index (χ0v) is 14.5. The van der Waals surface area contributed by atoms with Crippen LogP contribution in [0.5, 0.6) is 0 Å². The molecule has 122 valence electrons. The van der Waals surface area contributed by atoms with Gasteiger partial charge in [0.25, 0.3) is 0 Å². The molecule has 0 aliphatic carbocycles. The van der Waals surface area contributed by atoms with Crippen LogP contribution in [0.2, 0.25) is 0 Å². The van der Waals surface area contributed by atoms with Gasteiger partial charge in [-0.05, 0) is 62.4 Å². The molecule has 1 atom stereocenters. The van der Waals surface area contributed by atoms with Gasteiger partial charge < -0.3 is 5.11 Å². The van der Waals surface area contributed by atoms with Crippen LogP contribution >= 0.6 is 0 Å². The second-order valence-electron chi connectivity index (χ2n) is 7.11. The van der Waals surface area contributed by atoms with Crippen LogP contribution in [0.1, 0.15) is 40.7 Å². The number of hydrogen-bond acceptors (Lipinski definition) is 2. The van der Waals surface area contributed by atoms with Crippen LogP contribution < -0.4 is 0 Å². The number of benzene rings is 2. The molecule has 1 aliphatic rings. The molecular formula is C21H27NO. The Balaban J connectivity index is 1.85. The summed E-state index contributed by atoms with van der Waals surface area (Å²) in [5.41, 5.74) is 5.42. The summed E-state index contributed by atoms with van der Waals surface area (Å²) in [4.78, 5) is 2.39. The monoisotopic (exact) mass is 309 g/mol. The van der Waals surface area contributed by atoms with Gasteiger partial charge in [0, 0.05) is 13.1 Å². The van der Waals surface area contributed by atoms with E-state index in [9.17, 15) is 5.11 Å². The molecule has 2 heteroatoms. The maximum Gasteiger partial charge on any atom is 0.103 e. The van der Waals surface area contributed by atoms with Crippen LogP contribution in [0, 0.1) is 20.8 Å². The van der Waals surface area contributed by atoms with E-state index >= 15 is 0 Å². The third kappa shape index (κ3) is 3.49. The van der Waals surface area contributed by atoms with E-state index in [0.717, 1.165) is 31.5 Å². The van der Waals surface area contributed by atoms with Crippen LogP contribution in [0.4, 0.5) is 0 Å². The molecular weight excluding hydrogens is 282 g/mol. The van der Waals surface area contributed by atoms with E-state index in [-0.39, 0.29) is 0 Å². The number of hydrogen-bond donors (Lipinski definition) is 1. The van der Waals surface area contributed by atoms with Gasteiger partial charge in [-0.2, -0.15) is 0 Å². The fourth-order valence-corrected chi connectivity index (χ4v) is 4.22. The van der Waals surface area contributed by atoms with Gasteiger partial charge in [-0.15, -0.1) is 0 Å². The first-order valence-electron chi connectivity index (χ1n) is 8.55. The normalized spacial score (nSPS) is 22.3. The lowest BCUT2D eigenvalue weighted by Gasteiger charge is -2.41. The molecule has 1 saturated heterocycles. The van der Waals surface area contributed by atoms with Crippen molar-refractivity contribution in [1.29, 1.82) is 0 Å². The molecule has 1 N–H and O–H groups in total. The van der Waals surface area contributed by atoms with Gasteiger partial charge in [0.05, 0.1) is 0 Å². The van der Waals surface area contributed by atoms with Gasteiger partial charge in [-0.3, -0.25) is 4.90 Å². The third-order valence-electron chi connectivity index (χ3n) is 4.94. The SMILES string of the molecule is Cc1cc(C)c(C2(O)CCCN(Cc3ccccc3)C2)c(C)c1. The number of likely N-dealkylation sites (tertiary alicyclic amines) is 1. The van der Waals surface area contributed by atoms with Crippen molar-refractivity contribution in [2.24, 2.45) is 0 Å². The minimum atomic E-state index is -0.727. The summed E-state index contributed by atoms with van der Waals surface area (Å²) in [5, 5.41) is 11.4. The number of aryl methyl sites for hydroxylation is 3. The zero-order chi connectivity index (χ0) is 16.4. The number of rotatable bonds is 3. The molecule has 23 heavy (non-hydrogen) atoms. The Morgan fingerprint density at radius 2 is 1.70 bits per heavy atom. The molecule has 3 rings (SSSR count). The molecule has 0 bridgehead atoms. The summed E-state index contributed by atoms with van der Waals surface area (Å²) in [6, 6.07) is 14.9. The molecule has 1 fully saturated rings. The standard InChI is InChI=1S/C21H27NO/c1-16-12-17(2)20(18(3)13-16)21(23)10-7-11-22(15-21)14-19-8-5-4-6-9-19/h4-6,8-9,12-13,23H,7,10-11,14-15H2,1-3H3. The molecule has 2 aromatic carbocycles. The highest BCUT2D eigenvalue weighted by Crippen LogP contribution is 2.36. The predicted molar refractivity (Wildman–Crippen MR) is 95.5 cm³/mol. The quantitative estimate of drug-likeness (QED) is 0.923. The maximum absolute atomic E-state index is 11.4. The van der Waals surface area contributed by atoms with E-state index in [1.165, 1.54) is 22.3 Å². The smallest absolute Gasteiger partial charge is 0.103 e. The number of nitrogens with zero attached hydrogens (tertiary/aromatic N) is 1. The topological polar surface area (TPSA) is 23.5 Å². The van der Waals surface area contributed by atoms with E-state index in [4.69, 9.17) is 0 Å². The Hall–Kier alpha value is -1.64. The fraction of sp³-hybridized carbons (Fsp3) is 0.429. The van der Waals surface area contributed by atoms with Gasteiger partial charge in [0.1, 0.15) is 5.60 Å². The molecule has 0 radical (unpaired) electrons. The first-order valence-corrected chi connectivity index (χ1v) is 8.55. The average Bonchev–Trinajstić information content (AvgIpc) is 2.46. The van der Waals surface area contributed by atoms with Crippen molar-refractivity contribution >= 4 is 0 Å². The van der Waals surface area contributed by atoms with Gasteiger partial charge in [-0.25, -0.2) is 0 Å². The van der Waals surface area contributed by atoms with Crippen molar-refractivity contribution < 1.29 is 5.11 Å². The lowest BCUT2D eigenvalue weighted by molar-refractivity contribution is -0.0390. The minimum absolute atomic E-state index is 0.715. The van der Waals surface area contributed by atoms with Crippen molar-refractivity contribution in [3.63, 3.8) is 0 Å². The second-order valence-corrected chi connectivity index (χ2v) is 7.11. The van der Waals surface area contributed by atoms with E-state index in [1.54, 1.807) is 0 Å². The van der Waals surface area contributed by atoms with E-state index in [2.05, 4.69) is 68.1 Å². The van der Waals surface area contributed by atoms with Crippen molar-refractivity contribution in [1.82, 2.24) is 4.90 Å². The van der Waals surface area contributed by atoms with Gasteiger partial charge in [0.15, 0.2) is 0 Å². The molecule has 0 saturated carbocycles. The molecule has 0 amide bonds. The van der Waals surface area contributed by atoms with Crippen LogP contribution in [-0.4, -0.2) is 23.1 Å². The Bertz CT molecular complexity index is 656. The Kier molecular flexibility index (Phi) is 4.56. The van der Waals surface area contributed by atoms with Crippen molar-refractivity contribution in [3.8, 4) is 0 Å².